The van der Waals surface area contributed by atoms with Gasteiger partial charge in [0.1, 0.15) is 23.4 Å². The molecule has 0 fully saturated rings. The van der Waals surface area contributed by atoms with Crippen molar-refractivity contribution in [2.45, 2.75) is 32.9 Å². The number of aliphatic hydroxyl groups is 1. The van der Waals surface area contributed by atoms with Gasteiger partial charge in [-0.2, -0.15) is 0 Å². The van der Waals surface area contributed by atoms with Crippen LogP contribution < -0.4 is 5.32 Å². The average Bonchev–Trinajstić information content (AvgIpc) is 3.15. The molecule has 1 unspecified atom stereocenters. The summed E-state index contributed by atoms with van der Waals surface area (Å²) in [6.45, 7) is 6.42. The van der Waals surface area contributed by atoms with E-state index >= 15 is 0 Å². The van der Waals surface area contributed by atoms with Gasteiger partial charge in [0.2, 0.25) is 5.89 Å². The van der Waals surface area contributed by atoms with Crippen LogP contribution in [0.2, 0.25) is 0 Å². The smallest absolute Gasteiger partial charge is 0.226 e. The van der Waals surface area contributed by atoms with E-state index in [9.17, 15) is 5.11 Å². The molecule has 5 nitrogen and oxygen atoms in total. The van der Waals surface area contributed by atoms with Crippen LogP contribution in [0, 0.1) is 13.8 Å². The Labute approximate surface area is 141 Å². The summed E-state index contributed by atoms with van der Waals surface area (Å²) in [6.07, 6.45) is 1.64. The molecule has 0 aliphatic heterocycles. The molecule has 2 heterocycles. The third-order valence-corrected chi connectivity index (χ3v) is 3.97. The van der Waals surface area contributed by atoms with Gasteiger partial charge in [-0.1, -0.05) is 18.2 Å². The van der Waals surface area contributed by atoms with E-state index in [1.54, 1.807) is 13.2 Å². The maximum Gasteiger partial charge on any atom is 0.226 e. The topological polar surface area (TPSA) is 71.4 Å². The lowest BCUT2D eigenvalue weighted by Crippen LogP contribution is -2.35. The van der Waals surface area contributed by atoms with Gasteiger partial charge in [-0.05, 0) is 39.0 Å². The number of hydrogen-bond donors (Lipinski definition) is 2. The molecule has 0 bridgehead atoms. The fraction of sp³-hybridized carbons (Fsp3) is 0.316. The first-order valence-electron chi connectivity index (χ1n) is 7.96. The minimum atomic E-state index is -1.01. The highest BCUT2D eigenvalue weighted by Crippen LogP contribution is 2.26. The van der Waals surface area contributed by atoms with Crippen molar-refractivity contribution in [1.29, 1.82) is 0 Å². The quantitative estimate of drug-likeness (QED) is 0.725. The summed E-state index contributed by atoms with van der Waals surface area (Å²) in [6, 6.07) is 11.6. The minimum absolute atomic E-state index is 0.389. The van der Waals surface area contributed by atoms with Gasteiger partial charge in [0.05, 0.1) is 5.69 Å². The lowest BCUT2D eigenvalue weighted by molar-refractivity contribution is 0.0551. The molecule has 0 radical (unpaired) electrons. The van der Waals surface area contributed by atoms with Gasteiger partial charge in [0.25, 0.3) is 0 Å². The third kappa shape index (κ3) is 3.58. The normalized spacial score (nSPS) is 13.8. The van der Waals surface area contributed by atoms with Crippen molar-refractivity contribution >= 4 is 0 Å². The van der Waals surface area contributed by atoms with Crippen LogP contribution in [0.3, 0.4) is 0 Å². The fourth-order valence-corrected chi connectivity index (χ4v) is 2.80. The summed E-state index contributed by atoms with van der Waals surface area (Å²) in [5, 5.41) is 13.9. The number of oxazole rings is 1. The Morgan fingerprint density at radius 3 is 2.62 bits per heavy atom. The number of aromatic nitrogens is 1. The van der Waals surface area contributed by atoms with Gasteiger partial charge >= 0.3 is 0 Å². The molecule has 5 heteroatoms. The Morgan fingerprint density at radius 2 is 1.96 bits per heavy atom. The Bertz CT molecular complexity index is 803. The van der Waals surface area contributed by atoms with Crippen LogP contribution in [0.1, 0.15) is 29.7 Å². The molecular formula is C19H22N2O3. The molecule has 24 heavy (non-hydrogen) atoms. The number of rotatable bonds is 6. The van der Waals surface area contributed by atoms with Gasteiger partial charge < -0.3 is 19.3 Å². The number of furan rings is 1. The molecule has 0 aliphatic rings. The highest BCUT2D eigenvalue weighted by Gasteiger charge is 2.27. The monoisotopic (exact) mass is 326 g/mol. The summed E-state index contributed by atoms with van der Waals surface area (Å²) in [5.74, 6) is 2.14. The molecule has 0 saturated carbocycles. The van der Waals surface area contributed by atoms with Crippen LogP contribution in [0.5, 0.6) is 0 Å². The number of benzene rings is 1. The van der Waals surface area contributed by atoms with Gasteiger partial charge in [-0.3, -0.25) is 0 Å². The highest BCUT2D eigenvalue weighted by molar-refractivity contribution is 5.52. The van der Waals surface area contributed by atoms with E-state index < -0.39 is 5.60 Å². The molecule has 126 valence electrons. The first kappa shape index (κ1) is 16.5. The van der Waals surface area contributed by atoms with Gasteiger partial charge in [0.15, 0.2) is 0 Å². The third-order valence-electron chi connectivity index (χ3n) is 3.97. The summed E-state index contributed by atoms with van der Waals surface area (Å²) in [4.78, 5) is 4.47. The standard InChI is InChI=1S/C19H22N2O3/c1-13-9-17(14(2)24-13)19(3,22)12-20-10-16-11-23-18(21-16)15-7-5-4-6-8-15/h4-9,11,20,22H,10,12H2,1-3H3. The molecule has 2 aromatic heterocycles. The van der Waals surface area contributed by atoms with Crippen molar-refractivity contribution in [1.82, 2.24) is 10.3 Å². The predicted octanol–water partition coefficient (Wildman–Crippen LogP) is 3.55. The van der Waals surface area contributed by atoms with E-state index in [0.29, 0.717) is 19.0 Å². The van der Waals surface area contributed by atoms with Crippen LogP contribution in [-0.2, 0) is 12.1 Å². The van der Waals surface area contributed by atoms with E-state index in [1.165, 1.54) is 0 Å². The molecule has 0 aliphatic carbocycles. The summed E-state index contributed by atoms with van der Waals surface area (Å²) in [7, 11) is 0. The Kier molecular flexibility index (Phi) is 4.55. The first-order valence-corrected chi connectivity index (χ1v) is 7.96. The van der Waals surface area contributed by atoms with Crippen LogP contribution >= 0.6 is 0 Å². The van der Waals surface area contributed by atoms with Crippen molar-refractivity contribution in [3.8, 4) is 11.5 Å². The lowest BCUT2D eigenvalue weighted by atomic mass is 9.96. The van der Waals surface area contributed by atoms with Gasteiger partial charge in [-0.25, -0.2) is 4.98 Å². The molecule has 2 N–H and O–H groups in total. The number of aryl methyl sites for hydroxylation is 2. The second kappa shape index (κ2) is 6.63. The van der Waals surface area contributed by atoms with Crippen LogP contribution in [0.25, 0.3) is 11.5 Å². The maximum absolute atomic E-state index is 10.7. The number of hydrogen-bond acceptors (Lipinski definition) is 5. The molecular weight excluding hydrogens is 304 g/mol. The van der Waals surface area contributed by atoms with E-state index in [0.717, 1.165) is 28.3 Å². The number of nitrogens with one attached hydrogen (secondary N) is 1. The molecule has 1 atom stereocenters. The second-order valence-electron chi connectivity index (χ2n) is 6.21. The largest absolute Gasteiger partial charge is 0.466 e. The van der Waals surface area contributed by atoms with Crippen LogP contribution in [-0.4, -0.2) is 16.6 Å². The van der Waals surface area contributed by atoms with Crippen molar-refractivity contribution in [3.05, 3.63) is 65.4 Å². The Hall–Kier alpha value is -2.37. The molecule has 0 amide bonds. The van der Waals surface area contributed by atoms with Crippen molar-refractivity contribution in [3.63, 3.8) is 0 Å². The van der Waals surface area contributed by atoms with Gasteiger partial charge in [-0.15, -0.1) is 0 Å². The maximum atomic E-state index is 10.7. The first-order chi connectivity index (χ1) is 11.5. The Balaban J connectivity index is 1.60. The summed E-state index contributed by atoms with van der Waals surface area (Å²) in [5.41, 5.74) is 1.54. The van der Waals surface area contributed by atoms with E-state index in [2.05, 4.69) is 10.3 Å². The highest BCUT2D eigenvalue weighted by atomic mass is 16.3. The van der Waals surface area contributed by atoms with E-state index in [4.69, 9.17) is 8.83 Å². The molecule has 3 aromatic rings. The van der Waals surface area contributed by atoms with Crippen LogP contribution in [0.15, 0.2) is 51.5 Å². The second-order valence-corrected chi connectivity index (χ2v) is 6.21. The lowest BCUT2D eigenvalue weighted by Gasteiger charge is -2.23. The molecule has 1 aromatic carbocycles. The SMILES string of the molecule is Cc1cc(C(C)(O)CNCc2coc(-c3ccccc3)n2)c(C)o1. The van der Waals surface area contributed by atoms with Crippen molar-refractivity contribution in [2.75, 3.05) is 6.54 Å². The molecule has 3 rings (SSSR count). The minimum Gasteiger partial charge on any atom is -0.466 e. The van der Waals surface area contributed by atoms with E-state index in [1.807, 2.05) is 50.2 Å². The van der Waals surface area contributed by atoms with Gasteiger partial charge in [0, 0.05) is 24.2 Å². The van der Waals surface area contributed by atoms with Crippen molar-refractivity contribution < 1.29 is 13.9 Å². The zero-order chi connectivity index (χ0) is 17.2. The van der Waals surface area contributed by atoms with Crippen LogP contribution in [0.4, 0.5) is 0 Å². The predicted molar refractivity (Wildman–Crippen MR) is 91.4 cm³/mol. The fourth-order valence-electron chi connectivity index (χ4n) is 2.80. The van der Waals surface area contributed by atoms with Crippen molar-refractivity contribution in [2.24, 2.45) is 0 Å². The molecule has 0 saturated heterocycles. The zero-order valence-corrected chi connectivity index (χ0v) is 14.2. The summed E-state index contributed by atoms with van der Waals surface area (Å²) < 4.78 is 11.0. The molecule has 0 spiro atoms. The average molecular weight is 326 g/mol. The summed E-state index contributed by atoms with van der Waals surface area (Å²) >= 11 is 0. The Morgan fingerprint density at radius 1 is 1.21 bits per heavy atom. The van der Waals surface area contributed by atoms with E-state index in [-0.39, 0.29) is 0 Å². The number of nitrogens with zero attached hydrogens (tertiary/aromatic N) is 1. The zero-order valence-electron chi connectivity index (χ0n) is 14.2.